The predicted molar refractivity (Wildman–Crippen MR) is 87.2 cm³/mol. The summed E-state index contributed by atoms with van der Waals surface area (Å²) < 4.78 is 40.8. The Kier molecular flexibility index (Phi) is 4.11. The first-order chi connectivity index (χ1) is 12.4. The van der Waals surface area contributed by atoms with E-state index < -0.39 is 12.0 Å². The molecule has 0 unspecified atom stereocenters. The fourth-order valence-corrected chi connectivity index (χ4v) is 3.41. The highest BCUT2D eigenvalue weighted by Gasteiger charge is 2.37. The summed E-state index contributed by atoms with van der Waals surface area (Å²) in [6.07, 6.45) is -4.57. The van der Waals surface area contributed by atoms with Crippen LogP contribution in [-0.2, 0) is 25.9 Å². The lowest BCUT2D eigenvalue weighted by Crippen LogP contribution is -2.39. The Morgan fingerprint density at radius 3 is 2.73 bits per heavy atom. The minimum Gasteiger partial charge on any atom is -0.275 e. The van der Waals surface area contributed by atoms with Crippen LogP contribution in [0.4, 0.5) is 13.2 Å². The van der Waals surface area contributed by atoms with E-state index in [4.69, 9.17) is 0 Å². The Bertz CT molecular complexity index is 978. The highest BCUT2D eigenvalue weighted by atomic mass is 32.1. The molecule has 0 aromatic carbocycles. The number of halogens is 3. The molecule has 7 nitrogen and oxygen atoms in total. The van der Waals surface area contributed by atoms with Crippen LogP contribution in [0.2, 0.25) is 0 Å². The molecule has 0 atom stereocenters. The summed E-state index contributed by atoms with van der Waals surface area (Å²) in [5.74, 6) is -0.907. The van der Waals surface area contributed by atoms with Crippen LogP contribution in [0.1, 0.15) is 11.6 Å². The van der Waals surface area contributed by atoms with Gasteiger partial charge in [-0.3, -0.25) is 9.69 Å². The fourth-order valence-electron chi connectivity index (χ4n) is 2.72. The second-order valence-electron chi connectivity index (χ2n) is 5.80. The third-order valence-corrected chi connectivity index (χ3v) is 4.86. The molecule has 0 fully saturated rings. The summed E-state index contributed by atoms with van der Waals surface area (Å²) >= 11 is 1.51. The van der Waals surface area contributed by atoms with Gasteiger partial charge >= 0.3 is 6.18 Å². The van der Waals surface area contributed by atoms with E-state index in [0.29, 0.717) is 12.2 Å². The van der Waals surface area contributed by atoms with Crippen molar-refractivity contribution in [3.63, 3.8) is 0 Å². The molecule has 0 radical (unpaired) electrons. The summed E-state index contributed by atoms with van der Waals surface area (Å²) in [7, 11) is 0. The fraction of sp³-hybridized carbons (Fsp3) is 0.333. The van der Waals surface area contributed by atoms with E-state index in [0.717, 1.165) is 4.88 Å². The SMILES string of the molecule is O=c1ccc(-c2cccs2)nn1CN1CCn2nc(C(F)(F)F)nc2C1. The normalized spacial score (nSPS) is 15.2. The third-order valence-electron chi connectivity index (χ3n) is 3.97. The number of nitrogens with zero attached hydrogens (tertiary/aromatic N) is 6. The third kappa shape index (κ3) is 3.27. The van der Waals surface area contributed by atoms with Gasteiger partial charge in [0.2, 0.25) is 0 Å². The highest BCUT2D eigenvalue weighted by molar-refractivity contribution is 7.13. The Morgan fingerprint density at radius 2 is 2.00 bits per heavy atom. The van der Waals surface area contributed by atoms with E-state index in [1.165, 1.54) is 26.8 Å². The molecule has 0 saturated heterocycles. The van der Waals surface area contributed by atoms with Gasteiger partial charge in [-0.25, -0.2) is 14.3 Å². The average molecular weight is 382 g/mol. The number of alkyl halides is 3. The zero-order chi connectivity index (χ0) is 18.3. The van der Waals surface area contributed by atoms with Crippen molar-refractivity contribution in [1.29, 1.82) is 0 Å². The maximum Gasteiger partial charge on any atom is 0.453 e. The number of thiophene rings is 1. The predicted octanol–water partition coefficient (Wildman–Crippen LogP) is 2.06. The minimum absolute atomic E-state index is 0.167. The van der Waals surface area contributed by atoms with E-state index in [-0.39, 0.29) is 31.1 Å². The van der Waals surface area contributed by atoms with Gasteiger partial charge in [0.1, 0.15) is 11.5 Å². The van der Waals surface area contributed by atoms with E-state index in [9.17, 15) is 18.0 Å². The number of fused-ring (bicyclic) bond motifs is 1. The van der Waals surface area contributed by atoms with Crippen molar-refractivity contribution < 1.29 is 13.2 Å². The molecule has 4 rings (SSSR count). The summed E-state index contributed by atoms with van der Waals surface area (Å²) in [6.45, 7) is 1.06. The van der Waals surface area contributed by atoms with Gasteiger partial charge in [-0.05, 0) is 17.5 Å². The monoisotopic (exact) mass is 382 g/mol. The smallest absolute Gasteiger partial charge is 0.275 e. The first kappa shape index (κ1) is 16.9. The van der Waals surface area contributed by atoms with Gasteiger partial charge in [-0.2, -0.15) is 18.3 Å². The van der Waals surface area contributed by atoms with Crippen molar-refractivity contribution in [2.45, 2.75) is 25.9 Å². The van der Waals surface area contributed by atoms with Crippen LogP contribution in [-0.4, -0.2) is 36.0 Å². The zero-order valence-electron chi connectivity index (χ0n) is 13.3. The topological polar surface area (TPSA) is 68.8 Å². The van der Waals surface area contributed by atoms with Crippen molar-refractivity contribution in [3.8, 4) is 10.6 Å². The molecule has 1 aliphatic rings. The first-order valence-corrected chi connectivity index (χ1v) is 8.63. The first-order valence-electron chi connectivity index (χ1n) is 7.75. The molecule has 1 aliphatic heterocycles. The molecule has 0 bridgehead atoms. The van der Waals surface area contributed by atoms with Gasteiger partial charge in [0.15, 0.2) is 0 Å². The number of aromatic nitrogens is 5. The minimum atomic E-state index is -4.57. The zero-order valence-corrected chi connectivity index (χ0v) is 14.2. The van der Waals surface area contributed by atoms with Gasteiger partial charge in [0, 0.05) is 12.6 Å². The Labute approximate surface area is 149 Å². The van der Waals surface area contributed by atoms with Gasteiger partial charge in [0.05, 0.1) is 24.6 Å². The Hall–Kier alpha value is -2.53. The second-order valence-corrected chi connectivity index (χ2v) is 6.75. The van der Waals surface area contributed by atoms with Crippen molar-refractivity contribution >= 4 is 11.3 Å². The average Bonchev–Trinajstić information content (AvgIpc) is 3.25. The summed E-state index contributed by atoms with van der Waals surface area (Å²) in [5, 5.41) is 9.78. The maximum atomic E-state index is 12.7. The van der Waals surface area contributed by atoms with Crippen molar-refractivity contribution in [2.75, 3.05) is 6.54 Å². The van der Waals surface area contributed by atoms with Crippen LogP contribution >= 0.6 is 11.3 Å². The lowest BCUT2D eigenvalue weighted by Gasteiger charge is -2.26. The molecule has 0 spiro atoms. The van der Waals surface area contributed by atoms with Gasteiger partial charge in [-0.15, -0.1) is 16.4 Å². The molecule has 136 valence electrons. The van der Waals surface area contributed by atoms with Crippen molar-refractivity contribution in [1.82, 2.24) is 29.4 Å². The van der Waals surface area contributed by atoms with Gasteiger partial charge in [-0.1, -0.05) is 6.07 Å². The van der Waals surface area contributed by atoms with Crippen LogP contribution in [0.25, 0.3) is 10.6 Å². The Balaban J connectivity index is 1.55. The standard InChI is InChI=1S/C15H13F3N6OS/c16-15(17,18)14-19-12-8-22(5-6-23(12)21-14)9-24-13(25)4-3-10(20-24)11-2-1-7-26-11/h1-4,7H,5-6,8-9H2. The molecule has 4 heterocycles. The summed E-state index contributed by atoms with van der Waals surface area (Å²) in [4.78, 5) is 18.4. The van der Waals surface area contributed by atoms with Crippen LogP contribution < -0.4 is 5.56 Å². The lowest BCUT2D eigenvalue weighted by atomic mass is 10.3. The number of hydrogen-bond acceptors (Lipinski definition) is 6. The van der Waals surface area contributed by atoms with E-state index in [1.54, 1.807) is 6.07 Å². The lowest BCUT2D eigenvalue weighted by molar-refractivity contribution is -0.145. The molecule has 3 aromatic heterocycles. The summed E-state index contributed by atoms with van der Waals surface area (Å²) in [6, 6.07) is 6.90. The molecular formula is C15H13F3N6OS. The van der Waals surface area contributed by atoms with Gasteiger partial charge in [0.25, 0.3) is 11.4 Å². The largest absolute Gasteiger partial charge is 0.453 e. The highest BCUT2D eigenvalue weighted by Crippen LogP contribution is 2.27. The van der Waals surface area contributed by atoms with E-state index >= 15 is 0 Å². The Morgan fingerprint density at radius 1 is 1.15 bits per heavy atom. The summed E-state index contributed by atoms with van der Waals surface area (Å²) in [5.41, 5.74) is 0.410. The van der Waals surface area contributed by atoms with Gasteiger partial charge < -0.3 is 0 Å². The maximum absolute atomic E-state index is 12.7. The molecule has 0 aliphatic carbocycles. The van der Waals surface area contributed by atoms with Crippen LogP contribution in [0.3, 0.4) is 0 Å². The van der Waals surface area contributed by atoms with Crippen LogP contribution in [0.5, 0.6) is 0 Å². The molecule has 0 N–H and O–H groups in total. The number of hydrogen-bond donors (Lipinski definition) is 0. The van der Waals surface area contributed by atoms with E-state index in [2.05, 4.69) is 15.2 Å². The second kappa shape index (κ2) is 6.32. The van der Waals surface area contributed by atoms with E-state index in [1.807, 2.05) is 22.4 Å². The van der Waals surface area contributed by atoms with Crippen LogP contribution in [0, 0.1) is 0 Å². The molecule has 26 heavy (non-hydrogen) atoms. The molecule has 11 heteroatoms. The number of rotatable bonds is 3. The molecule has 0 amide bonds. The molecule has 0 saturated carbocycles. The van der Waals surface area contributed by atoms with Crippen LogP contribution in [0.15, 0.2) is 34.4 Å². The molecular weight excluding hydrogens is 369 g/mol. The quantitative estimate of drug-likeness (QED) is 0.694. The van der Waals surface area contributed by atoms with Crippen molar-refractivity contribution in [2.24, 2.45) is 0 Å². The van der Waals surface area contributed by atoms with Crippen molar-refractivity contribution in [3.05, 3.63) is 51.6 Å². The molecule has 3 aromatic rings.